The van der Waals surface area contributed by atoms with Crippen LogP contribution in [0, 0.1) is 0 Å². The summed E-state index contributed by atoms with van der Waals surface area (Å²) < 4.78 is 41.8. The summed E-state index contributed by atoms with van der Waals surface area (Å²) >= 11 is 0. The van der Waals surface area contributed by atoms with Crippen LogP contribution in [0.5, 0.6) is 0 Å². The molecule has 0 spiro atoms. The van der Waals surface area contributed by atoms with E-state index in [2.05, 4.69) is 14.7 Å². The van der Waals surface area contributed by atoms with Crippen LogP contribution in [0.1, 0.15) is 22.9 Å². The van der Waals surface area contributed by atoms with Gasteiger partial charge in [0.2, 0.25) is 11.7 Å². The smallest absolute Gasteiger partial charge is 0.369 e. The average molecular weight is 347 g/mol. The Morgan fingerprint density at radius 3 is 2.12 bits per heavy atom. The highest BCUT2D eigenvalue weighted by molar-refractivity contribution is 5.85. The highest BCUT2D eigenvalue weighted by Gasteiger charge is 2.38. The first-order chi connectivity index (χ1) is 11.9. The van der Waals surface area contributed by atoms with Gasteiger partial charge in [0.05, 0.1) is 5.92 Å². The molecular weight excluding hydrogens is 335 g/mol. The number of aromatic nitrogens is 2. The number of primary amides is 1. The van der Waals surface area contributed by atoms with Gasteiger partial charge in [-0.25, -0.2) is 0 Å². The first kappa shape index (κ1) is 16.7. The van der Waals surface area contributed by atoms with Crippen molar-refractivity contribution in [2.75, 3.05) is 0 Å². The Balaban J connectivity index is 1.91. The van der Waals surface area contributed by atoms with Crippen LogP contribution in [-0.4, -0.2) is 16.0 Å². The second-order valence-electron chi connectivity index (χ2n) is 5.29. The molecule has 3 rings (SSSR count). The summed E-state index contributed by atoms with van der Waals surface area (Å²) in [6, 6.07) is 15.2. The monoisotopic (exact) mass is 347 g/mol. The van der Waals surface area contributed by atoms with Gasteiger partial charge in [-0.1, -0.05) is 59.8 Å². The fourth-order valence-electron chi connectivity index (χ4n) is 2.45. The molecule has 1 unspecified atom stereocenters. The van der Waals surface area contributed by atoms with E-state index in [9.17, 15) is 18.0 Å². The van der Waals surface area contributed by atoms with Gasteiger partial charge in [-0.2, -0.15) is 18.2 Å². The predicted octanol–water partition coefficient (Wildman–Crippen LogP) is 3.37. The SMILES string of the molecule is NC(=O)C(c1ccccc1)c1ccc(-c2noc(C(F)(F)F)n2)cc1. The number of rotatable bonds is 4. The molecule has 0 radical (unpaired) electrons. The maximum Gasteiger partial charge on any atom is 0.471 e. The Bertz CT molecular complexity index is 874. The molecule has 0 aliphatic heterocycles. The molecule has 8 heteroatoms. The highest BCUT2D eigenvalue weighted by Crippen LogP contribution is 2.30. The van der Waals surface area contributed by atoms with Gasteiger partial charge in [-0.3, -0.25) is 4.79 Å². The molecule has 25 heavy (non-hydrogen) atoms. The number of benzene rings is 2. The molecule has 0 aliphatic carbocycles. The molecule has 128 valence electrons. The minimum Gasteiger partial charge on any atom is -0.369 e. The van der Waals surface area contributed by atoms with Crippen molar-refractivity contribution in [3.05, 3.63) is 71.6 Å². The van der Waals surface area contributed by atoms with Crippen LogP contribution in [0.4, 0.5) is 13.2 Å². The van der Waals surface area contributed by atoms with E-state index in [1.165, 1.54) is 12.1 Å². The van der Waals surface area contributed by atoms with Crippen LogP contribution in [0.15, 0.2) is 59.1 Å². The molecule has 1 heterocycles. The van der Waals surface area contributed by atoms with Crippen LogP contribution in [0.2, 0.25) is 0 Å². The number of halogens is 3. The Kier molecular flexibility index (Phi) is 4.26. The van der Waals surface area contributed by atoms with Gasteiger partial charge in [0, 0.05) is 5.56 Å². The second kappa shape index (κ2) is 6.39. The maximum absolute atomic E-state index is 12.5. The largest absolute Gasteiger partial charge is 0.471 e. The molecule has 1 amide bonds. The van der Waals surface area contributed by atoms with Gasteiger partial charge in [0.1, 0.15) is 0 Å². The Hall–Kier alpha value is -3.16. The average Bonchev–Trinajstić information content (AvgIpc) is 3.07. The molecule has 2 N–H and O–H groups in total. The number of nitrogens with zero attached hydrogens (tertiary/aromatic N) is 2. The summed E-state index contributed by atoms with van der Waals surface area (Å²) in [6.45, 7) is 0. The van der Waals surface area contributed by atoms with Crippen molar-refractivity contribution in [1.29, 1.82) is 0 Å². The first-order valence-corrected chi connectivity index (χ1v) is 7.22. The minimum atomic E-state index is -4.70. The van der Waals surface area contributed by atoms with Crippen molar-refractivity contribution in [2.45, 2.75) is 12.1 Å². The van der Waals surface area contributed by atoms with E-state index in [-0.39, 0.29) is 5.82 Å². The number of alkyl halides is 3. The van der Waals surface area contributed by atoms with Crippen LogP contribution in [0.3, 0.4) is 0 Å². The Morgan fingerprint density at radius 1 is 1.00 bits per heavy atom. The van der Waals surface area contributed by atoms with Gasteiger partial charge in [-0.15, -0.1) is 0 Å². The molecular formula is C17H12F3N3O2. The summed E-state index contributed by atoms with van der Waals surface area (Å²) in [6.07, 6.45) is -4.70. The van der Waals surface area contributed by atoms with E-state index in [0.29, 0.717) is 11.1 Å². The van der Waals surface area contributed by atoms with Gasteiger partial charge < -0.3 is 10.3 Å². The van der Waals surface area contributed by atoms with Crippen LogP contribution in [0.25, 0.3) is 11.4 Å². The fourth-order valence-corrected chi connectivity index (χ4v) is 2.45. The van der Waals surface area contributed by atoms with Crippen LogP contribution in [-0.2, 0) is 11.0 Å². The van der Waals surface area contributed by atoms with E-state index in [1.807, 2.05) is 6.07 Å². The van der Waals surface area contributed by atoms with Crippen LogP contribution >= 0.6 is 0 Å². The maximum atomic E-state index is 12.5. The molecule has 0 saturated carbocycles. The van der Waals surface area contributed by atoms with Crippen molar-refractivity contribution < 1.29 is 22.5 Å². The highest BCUT2D eigenvalue weighted by atomic mass is 19.4. The molecule has 5 nitrogen and oxygen atoms in total. The zero-order valence-electron chi connectivity index (χ0n) is 12.7. The molecule has 0 fully saturated rings. The zero-order valence-corrected chi connectivity index (χ0v) is 12.7. The van der Waals surface area contributed by atoms with Gasteiger partial charge >= 0.3 is 12.1 Å². The molecule has 1 aromatic heterocycles. The van der Waals surface area contributed by atoms with E-state index >= 15 is 0 Å². The van der Waals surface area contributed by atoms with Gasteiger partial charge in [-0.05, 0) is 11.1 Å². The normalized spacial score (nSPS) is 12.8. The Morgan fingerprint density at radius 2 is 1.60 bits per heavy atom. The molecule has 0 bridgehead atoms. The molecule has 1 atom stereocenters. The summed E-state index contributed by atoms with van der Waals surface area (Å²) in [7, 11) is 0. The van der Waals surface area contributed by atoms with E-state index in [0.717, 1.165) is 5.56 Å². The first-order valence-electron chi connectivity index (χ1n) is 7.22. The molecule has 0 saturated heterocycles. The van der Waals surface area contributed by atoms with E-state index < -0.39 is 23.9 Å². The number of carbonyl (C=O) groups is 1. The summed E-state index contributed by atoms with van der Waals surface area (Å²) in [4.78, 5) is 15.2. The number of carbonyl (C=O) groups excluding carboxylic acids is 1. The molecule has 3 aromatic rings. The lowest BCUT2D eigenvalue weighted by Gasteiger charge is -2.14. The quantitative estimate of drug-likeness (QED) is 0.784. The van der Waals surface area contributed by atoms with E-state index in [1.54, 1.807) is 36.4 Å². The number of hydrogen-bond acceptors (Lipinski definition) is 4. The topological polar surface area (TPSA) is 82.0 Å². The lowest BCUT2D eigenvalue weighted by atomic mass is 9.90. The zero-order chi connectivity index (χ0) is 18.0. The molecule has 0 aliphatic rings. The minimum absolute atomic E-state index is 0.186. The predicted molar refractivity (Wildman–Crippen MR) is 82.2 cm³/mol. The Labute approximate surface area is 140 Å². The summed E-state index contributed by atoms with van der Waals surface area (Å²) in [5, 5.41) is 3.32. The summed E-state index contributed by atoms with van der Waals surface area (Å²) in [5.74, 6) is -2.79. The third-order valence-electron chi connectivity index (χ3n) is 3.59. The van der Waals surface area contributed by atoms with Crippen molar-refractivity contribution in [3.63, 3.8) is 0 Å². The third-order valence-corrected chi connectivity index (χ3v) is 3.59. The molecule has 2 aromatic carbocycles. The summed E-state index contributed by atoms with van der Waals surface area (Å²) in [5.41, 5.74) is 7.17. The second-order valence-corrected chi connectivity index (χ2v) is 5.29. The number of nitrogens with two attached hydrogens (primary N) is 1. The van der Waals surface area contributed by atoms with Crippen molar-refractivity contribution in [3.8, 4) is 11.4 Å². The van der Waals surface area contributed by atoms with Gasteiger partial charge in [0.15, 0.2) is 0 Å². The lowest BCUT2D eigenvalue weighted by molar-refractivity contribution is -0.159. The lowest BCUT2D eigenvalue weighted by Crippen LogP contribution is -2.22. The van der Waals surface area contributed by atoms with Crippen molar-refractivity contribution in [2.24, 2.45) is 5.73 Å². The third kappa shape index (κ3) is 3.52. The van der Waals surface area contributed by atoms with Gasteiger partial charge in [0.25, 0.3) is 0 Å². The number of hydrogen-bond donors (Lipinski definition) is 1. The standard InChI is InChI=1S/C17H12F3N3O2/c18-17(19,20)16-22-15(23-25-16)12-8-6-11(7-9-12)13(14(21)24)10-4-2-1-3-5-10/h1-9,13H,(H2,21,24). The number of amides is 1. The van der Waals surface area contributed by atoms with E-state index in [4.69, 9.17) is 5.73 Å². The van der Waals surface area contributed by atoms with Crippen molar-refractivity contribution in [1.82, 2.24) is 10.1 Å². The fraction of sp³-hybridized carbons (Fsp3) is 0.118. The van der Waals surface area contributed by atoms with Crippen LogP contribution < -0.4 is 5.73 Å². The van der Waals surface area contributed by atoms with Crippen molar-refractivity contribution >= 4 is 5.91 Å².